The van der Waals surface area contributed by atoms with Crippen molar-refractivity contribution in [3.8, 4) is 6.07 Å². The van der Waals surface area contributed by atoms with Crippen molar-refractivity contribution in [1.82, 2.24) is 0 Å². The van der Waals surface area contributed by atoms with Crippen molar-refractivity contribution >= 4 is 11.4 Å². The maximum atomic E-state index is 8.68. The van der Waals surface area contributed by atoms with Crippen LogP contribution in [0.3, 0.4) is 0 Å². The highest BCUT2D eigenvalue weighted by Crippen LogP contribution is 2.35. The Morgan fingerprint density at radius 1 is 1.50 bits per heavy atom. The molecule has 0 atom stereocenters. The molecular formula is C13H17N3. The second-order valence-electron chi connectivity index (χ2n) is 4.39. The zero-order valence-corrected chi connectivity index (χ0v) is 9.61. The number of aryl methyl sites for hydroxylation is 1. The minimum atomic E-state index is 0.559. The van der Waals surface area contributed by atoms with Gasteiger partial charge in [-0.1, -0.05) is 6.07 Å². The first-order valence-electron chi connectivity index (χ1n) is 5.72. The van der Waals surface area contributed by atoms with Crippen molar-refractivity contribution in [3.05, 3.63) is 23.8 Å². The van der Waals surface area contributed by atoms with Gasteiger partial charge in [-0.15, -0.1) is 0 Å². The fourth-order valence-corrected chi connectivity index (χ4v) is 1.96. The molecule has 16 heavy (non-hydrogen) atoms. The highest BCUT2D eigenvalue weighted by atomic mass is 15.2. The molecule has 2 rings (SSSR count). The normalized spacial score (nSPS) is 14.5. The lowest BCUT2D eigenvalue weighted by molar-refractivity contribution is 0.794. The number of hydrogen-bond acceptors (Lipinski definition) is 3. The summed E-state index contributed by atoms with van der Waals surface area (Å²) >= 11 is 0. The molecule has 0 aliphatic heterocycles. The van der Waals surface area contributed by atoms with Gasteiger partial charge >= 0.3 is 0 Å². The Morgan fingerprint density at radius 2 is 2.25 bits per heavy atom. The van der Waals surface area contributed by atoms with Crippen LogP contribution in [0.4, 0.5) is 11.4 Å². The number of nitrogen functional groups attached to an aromatic ring is 1. The maximum Gasteiger partial charge on any atom is 0.0640 e. The van der Waals surface area contributed by atoms with E-state index in [-0.39, 0.29) is 0 Å². The van der Waals surface area contributed by atoms with E-state index in [1.54, 1.807) is 0 Å². The third-order valence-electron chi connectivity index (χ3n) is 2.95. The van der Waals surface area contributed by atoms with Crippen LogP contribution in [0, 0.1) is 18.3 Å². The Hall–Kier alpha value is -1.69. The fraction of sp³-hybridized carbons (Fsp3) is 0.462. The zero-order valence-electron chi connectivity index (χ0n) is 9.61. The van der Waals surface area contributed by atoms with Crippen LogP contribution in [0.2, 0.25) is 0 Å². The summed E-state index contributed by atoms with van der Waals surface area (Å²) in [5, 5.41) is 8.68. The predicted molar refractivity (Wildman–Crippen MR) is 66.2 cm³/mol. The Bertz CT molecular complexity index is 416. The quantitative estimate of drug-likeness (QED) is 0.785. The topological polar surface area (TPSA) is 53.0 Å². The van der Waals surface area contributed by atoms with Gasteiger partial charge < -0.3 is 10.6 Å². The summed E-state index contributed by atoms with van der Waals surface area (Å²) in [6.45, 7) is 2.85. The second kappa shape index (κ2) is 4.44. The van der Waals surface area contributed by atoms with Gasteiger partial charge in [0.05, 0.1) is 23.9 Å². The van der Waals surface area contributed by atoms with Crippen LogP contribution >= 0.6 is 0 Å². The van der Waals surface area contributed by atoms with Crippen LogP contribution < -0.4 is 10.6 Å². The van der Waals surface area contributed by atoms with E-state index in [2.05, 4.69) is 24.0 Å². The lowest BCUT2D eigenvalue weighted by Gasteiger charge is -2.25. The van der Waals surface area contributed by atoms with Crippen molar-refractivity contribution in [2.24, 2.45) is 0 Å². The molecule has 0 radical (unpaired) electrons. The van der Waals surface area contributed by atoms with E-state index in [1.807, 2.05) is 12.1 Å². The molecule has 1 fully saturated rings. The van der Waals surface area contributed by atoms with Crippen LogP contribution in [0.1, 0.15) is 24.8 Å². The molecule has 0 aromatic heterocycles. The molecule has 2 N–H and O–H groups in total. The predicted octanol–water partition coefficient (Wildman–Crippen LogP) is 2.46. The number of nitrogens with zero attached hydrogens (tertiary/aromatic N) is 2. The van der Waals surface area contributed by atoms with Gasteiger partial charge in [0, 0.05) is 12.6 Å². The molecule has 1 aromatic carbocycles. The second-order valence-corrected chi connectivity index (χ2v) is 4.39. The van der Waals surface area contributed by atoms with E-state index < -0.39 is 0 Å². The number of nitrogens with two attached hydrogens (primary N) is 1. The van der Waals surface area contributed by atoms with Gasteiger partial charge in [-0.3, -0.25) is 0 Å². The molecule has 0 heterocycles. The van der Waals surface area contributed by atoms with Crippen LogP contribution in [-0.2, 0) is 0 Å². The van der Waals surface area contributed by atoms with Gasteiger partial charge in [-0.2, -0.15) is 5.26 Å². The van der Waals surface area contributed by atoms with E-state index in [0.29, 0.717) is 12.5 Å². The molecular weight excluding hydrogens is 198 g/mol. The molecule has 1 aliphatic rings. The summed E-state index contributed by atoms with van der Waals surface area (Å²) in [5.74, 6) is 0. The largest absolute Gasteiger partial charge is 0.397 e. The number of hydrogen-bond donors (Lipinski definition) is 1. The first-order chi connectivity index (χ1) is 7.72. The van der Waals surface area contributed by atoms with Crippen molar-refractivity contribution in [3.63, 3.8) is 0 Å². The Kier molecular flexibility index (Phi) is 3.00. The molecule has 0 unspecified atom stereocenters. The number of anilines is 2. The molecule has 0 saturated heterocycles. The van der Waals surface area contributed by atoms with Gasteiger partial charge in [-0.25, -0.2) is 0 Å². The van der Waals surface area contributed by atoms with Crippen molar-refractivity contribution < 1.29 is 0 Å². The third-order valence-corrected chi connectivity index (χ3v) is 2.95. The smallest absolute Gasteiger partial charge is 0.0640 e. The molecule has 0 spiro atoms. The summed E-state index contributed by atoms with van der Waals surface area (Å²) in [6.07, 6.45) is 3.00. The first-order valence-corrected chi connectivity index (χ1v) is 5.72. The number of benzene rings is 1. The molecule has 3 nitrogen and oxygen atoms in total. The molecule has 84 valence electrons. The van der Waals surface area contributed by atoms with Crippen LogP contribution in [-0.4, -0.2) is 12.6 Å². The summed E-state index contributed by atoms with van der Waals surface area (Å²) in [6, 6.07) is 8.89. The van der Waals surface area contributed by atoms with Gasteiger partial charge in [0.1, 0.15) is 0 Å². The minimum absolute atomic E-state index is 0.559. The Labute approximate surface area is 96.5 Å². The zero-order chi connectivity index (χ0) is 11.5. The molecule has 3 heteroatoms. The van der Waals surface area contributed by atoms with Gasteiger partial charge in [0.15, 0.2) is 0 Å². The minimum Gasteiger partial charge on any atom is -0.397 e. The summed E-state index contributed by atoms with van der Waals surface area (Å²) < 4.78 is 0. The van der Waals surface area contributed by atoms with E-state index >= 15 is 0 Å². The third kappa shape index (κ3) is 2.27. The van der Waals surface area contributed by atoms with Crippen LogP contribution in [0.25, 0.3) is 0 Å². The molecule has 1 aliphatic carbocycles. The van der Waals surface area contributed by atoms with E-state index in [1.165, 1.54) is 18.4 Å². The van der Waals surface area contributed by atoms with Crippen LogP contribution in [0.15, 0.2) is 18.2 Å². The SMILES string of the molecule is Cc1ccc(N)c(N(CCC#N)C2CC2)c1. The Morgan fingerprint density at radius 3 is 2.88 bits per heavy atom. The monoisotopic (exact) mass is 215 g/mol. The molecule has 0 bridgehead atoms. The lowest BCUT2D eigenvalue weighted by Crippen LogP contribution is -2.27. The average Bonchev–Trinajstić information content (AvgIpc) is 3.08. The summed E-state index contributed by atoms with van der Waals surface area (Å²) in [7, 11) is 0. The van der Waals surface area contributed by atoms with E-state index in [0.717, 1.165) is 17.9 Å². The highest BCUT2D eigenvalue weighted by molar-refractivity contribution is 5.69. The highest BCUT2D eigenvalue weighted by Gasteiger charge is 2.29. The van der Waals surface area contributed by atoms with Gasteiger partial charge in [-0.05, 0) is 37.5 Å². The average molecular weight is 215 g/mol. The Balaban J connectivity index is 2.23. The van der Waals surface area contributed by atoms with E-state index in [9.17, 15) is 0 Å². The van der Waals surface area contributed by atoms with Gasteiger partial charge in [0.25, 0.3) is 0 Å². The van der Waals surface area contributed by atoms with Crippen LogP contribution in [0.5, 0.6) is 0 Å². The summed E-state index contributed by atoms with van der Waals surface area (Å²) in [4.78, 5) is 2.28. The van der Waals surface area contributed by atoms with E-state index in [4.69, 9.17) is 11.0 Å². The molecule has 1 saturated carbocycles. The maximum absolute atomic E-state index is 8.68. The number of nitriles is 1. The fourth-order valence-electron chi connectivity index (χ4n) is 1.96. The van der Waals surface area contributed by atoms with Gasteiger partial charge in [0.2, 0.25) is 0 Å². The van der Waals surface area contributed by atoms with Crippen molar-refractivity contribution in [2.75, 3.05) is 17.2 Å². The molecule has 0 amide bonds. The number of rotatable bonds is 4. The van der Waals surface area contributed by atoms with Crippen molar-refractivity contribution in [2.45, 2.75) is 32.2 Å². The lowest BCUT2D eigenvalue weighted by atomic mass is 10.1. The van der Waals surface area contributed by atoms with Crippen molar-refractivity contribution in [1.29, 1.82) is 5.26 Å². The first kappa shape index (κ1) is 10.8. The molecule has 1 aromatic rings. The standard InChI is InChI=1S/C13H17N3/c1-10-3-6-12(15)13(9-10)16(8-2-7-14)11-4-5-11/h3,6,9,11H,2,4-5,8,15H2,1H3. The summed E-state index contributed by atoms with van der Waals surface area (Å²) in [5.41, 5.74) is 9.13.